The molecular formula is C10H14N2O4S2. The van der Waals surface area contributed by atoms with Gasteiger partial charge in [-0.15, -0.1) is 11.3 Å². The number of hydrogen-bond donors (Lipinski definition) is 2. The molecule has 0 radical (unpaired) electrons. The van der Waals surface area contributed by atoms with Crippen LogP contribution in [0.1, 0.15) is 21.0 Å². The molecule has 0 spiro atoms. The molecular weight excluding hydrogens is 276 g/mol. The third kappa shape index (κ3) is 2.89. The lowest BCUT2D eigenvalue weighted by Gasteiger charge is -2.08. The fraction of sp³-hybridized carbons (Fsp3) is 0.500. The minimum Gasteiger partial charge on any atom is -0.379 e. The summed E-state index contributed by atoms with van der Waals surface area (Å²) in [6.45, 7) is 2.76. The lowest BCUT2D eigenvalue weighted by atomic mass is 10.2. The standard InChI is InChI=1S/C10H14N2O4S2/c1-6-9(18(11,14)15)4-8(17-6)10(13)12-7-2-3-16-5-7/h4,7H,2-3,5H2,1H3,(H,12,13)(H2,11,14,15). The molecule has 0 bridgehead atoms. The van der Waals surface area contributed by atoms with Crippen LogP contribution in [-0.4, -0.2) is 33.6 Å². The molecule has 1 saturated heterocycles. The summed E-state index contributed by atoms with van der Waals surface area (Å²) in [6.07, 6.45) is 0.776. The van der Waals surface area contributed by atoms with Gasteiger partial charge in [0.15, 0.2) is 0 Å². The minimum absolute atomic E-state index is 0.00200. The molecule has 18 heavy (non-hydrogen) atoms. The summed E-state index contributed by atoms with van der Waals surface area (Å²) in [5.41, 5.74) is 0. The number of amides is 1. The number of aryl methyl sites for hydroxylation is 1. The normalized spacial score (nSPS) is 20.0. The molecule has 100 valence electrons. The van der Waals surface area contributed by atoms with Crippen LogP contribution >= 0.6 is 11.3 Å². The molecule has 1 aliphatic rings. The van der Waals surface area contributed by atoms with E-state index >= 15 is 0 Å². The van der Waals surface area contributed by atoms with Crippen molar-refractivity contribution in [1.29, 1.82) is 0 Å². The van der Waals surface area contributed by atoms with E-state index in [1.54, 1.807) is 6.92 Å². The number of carbonyl (C=O) groups is 1. The van der Waals surface area contributed by atoms with Crippen LogP contribution in [0.3, 0.4) is 0 Å². The Morgan fingerprint density at radius 3 is 2.83 bits per heavy atom. The first-order chi connectivity index (χ1) is 8.38. The zero-order valence-electron chi connectivity index (χ0n) is 9.80. The Bertz CT molecular complexity index is 558. The number of rotatable bonds is 3. The topological polar surface area (TPSA) is 98.5 Å². The molecule has 6 nitrogen and oxygen atoms in total. The summed E-state index contributed by atoms with van der Waals surface area (Å²) in [6, 6.07) is 1.32. The second kappa shape index (κ2) is 4.96. The Morgan fingerprint density at radius 2 is 2.33 bits per heavy atom. The van der Waals surface area contributed by atoms with Crippen molar-refractivity contribution in [3.8, 4) is 0 Å². The highest BCUT2D eigenvalue weighted by Gasteiger charge is 2.22. The van der Waals surface area contributed by atoms with E-state index < -0.39 is 10.0 Å². The summed E-state index contributed by atoms with van der Waals surface area (Å²) in [5, 5.41) is 7.86. The van der Waals surface area contributed by atoms with Gasteiger partial charge in [0.05, 0.1) is 22.4 Å². The highest BCUT2D eigenvalue weighted by atomic mass is 32.2. The maximum atomic E-state index is 11.9. The van der Waals surface area contributed by atoms with Crippen molar-refractivity contribution in [3.05, 3.63) is 15.8 Å². The van der Waals surface area contributed by atoms with Gasteiger partial charge in [-0.2, -0.15) is 0 Å². The number of nitrogens with one attached hydrogen (secondary N) is 1. The van der Waals surface area contributed by atoms with Crippen molar-refractivity contribution in [2.24, 2.45) is 5.14 Å². The zero-order valence-corrected chi connectivity index (χ0v) is 11.4. The average Bonchev–Trinajstić information content (AvgIpc) is 2.85. The number of thiophene rings is 1. The molecule has 2 heterocycles. The highest BCUT2D eigenvalue weighted by molar-refractivity contribution is 7.89. The molecule has 8 heteroatoms. The van der Waals surface area contributed by atoms with Gasteiger partial charge >= 0.3 is 0 Å². The maximum absolute atomic E-state index is 11.9. The third-order valence-corrected chi connectivity index (χ3v) is 4.88. The molecule has 1 unspecified atom stereocenters. The van der Waals surface area contributed by atoms with Crippen molar-refractivity contribution in [2.45, 2.75) is 24.3 Å². The third-order valence-electron chi connectivity index (χ3n) is 2.67. The molecule has 2 rings (SSSR count). The van der Waals surface area contributed by atoms with Crippen LogP contribution in [0.15, 0.2) is 11.0 Å². The quantitative estimate of drug-likeness (QED) is 0.832. The van der Waals surface area contributed by atoms with Crippen molar-refractivity contribution >= 4 is 27.3 Å². The van der Waals surface area contributed by atoms with Crippen LogP contribution in [0.25, 0.3) is 0 Å². The lowest BCUT2D eigenvalue weighted by Crippen LogP contribution is -2.34. The van der Waals surface area contributed by atoms with Gasteiger partial charge in [-0.3, -0.25) is 4.79 Å². The first kappa shape index (κ1) is 13.5. The van der Waals surface area contributed by atoms with Gasteiger partial charge in [-0.25, -0.2) is 13.6 Å². The molecule has 1 aromatic rings. The number of sulfonamides is 1. The number of hydrogen-bond acceptors (Lipinski definition) is 5. The Morgan fingerprint density at radius 1 is 1.61 bits per heavy atom. The Hall–Kier alpha value is -0.960. The first-order valence-electron chi connectivity index (χ1n) is 5.40. The van der Waals surface area contributed by atoms with Gasteiger partial charge < -0.3 is 10.1 Å². The predicted octanol–water partition coefficient (Wildman–Crippen LogP) is 0.223. The highest BCUT2D eigenvalue weighted by Crippen LogP contribution is 2.24. The van der Waals surface area contributed by atoms with E-state index in [1.165, 1.54) is 6.07 Å². The van der Waals surface area contributed by atoms with Gasteiger partial charge in [0.2, 0.25) is 10.0 Å². The molecule has 0 aromatic carbocycles. The fourth-order valence-corrected chi connectivity index (χ4v) is 3.81. The summed E-state index contributed by atoms with van der Waals surface area (Å²) >= 11 is 1.12. The molecule has 1 aromatic heterocycles. The SMILES string of the molecule is Cc1sc(C(=O)NC2CCOC2)cc1S(N)(=O)=O. The molecule has 0 saturated carbocycles. The molecule has 0 aliphatic carbocycles. The van der Waals surface area contributed by atoms with Gasteiger partial charge in [-0.1, -0.05) is 0 Å². The first-order valence-corrected chi connectivity index (χ1v) is 7.76. The monoisotopic (exact) mass is 290 g/mol. The van der Waals surface area contributed by atoms with Gasteiger partial charge in [-0.05, 0) is 19.4 Å². The second-order valence-electron chi connectivity index (χ2n) is 4.11. The molecule has 1 fully saturated rings. The van der Waals surface area contributed by atoms with Crippen LogP contribution < -0.4 is 10.5 Å². The van der Waals surface area contributed by atoms with Gasteiger partial charge in [0.1, 0.15) is 0 Å². The van der Waals surface area contributed by atoms with Crippen LogP contribution in [0, 0.1) is 6.92 Å². The Kier molecular flexibility index (Phi) is 3.71. The number of carbonyl (C=O) groups excluding carboxylic acids is 1. The summed E-state index contributed by atoms with van der Waals surface area (Å²) in [7, 11) is -3.77. The smallest absolute Gasteiger partial charge is 0.261 e. The lowest BCUT2D eigenvalue weighted by molar-refractivity contribution is 0.0934. The summed E-state index contributed by atoms with van der Waals surface area (Å²) in [4.78, 5) is 12.8. The fourth-order valence-electron chi connectivity index (χ4n) is 1.76. The number of ether oxygens (including phenoxy) is 1. The van der Waals surface area contributed by atoms with Crippen LogP contribution in [-0.2, 0) is 14.8 Å². The summed E-state index contributed by atoms with van der Waals surface area (Å²) < 4.78 is 27.7. The largest absolute Gasteiger partial charge is 0.379 e. The van der Waals surface area contributed by atoms with Crippen LogP contribution in [0.2, 0.25) is 0 Å². The van der Waals surface area contributed by atoms with Gasteiger partial charge in [0, 0.05) is 11.5 Å². The molecule has 1 atom stereocenters. The van der Waals surface area contributed by atoms with Crippen molar-refractivity contribution in [2.75, 3.05) is 13.2 Å². The number of primary sulfonamides is 1. The van der Waals surface area contributed by atoms with Crippen LogP contribution in [0.5, 0.6) is 0 Å². The van der Waals surface area contributed by atoms with E-state index in [4.69, 9.17) is 9.88 Å². The van der Waals surface area contributed by atoms with Crippen molar-refractivity contribution < 1.29 is 17.9 Å². The van der Waals surface area contributed by atoms with Gasteiger partial charge in [0.25, 0.3) is 5.91 Å². The minimum atomic E-state index is -3.77. The van der Waals surface area contributed by atoms with E-state index in [-0.39, 0.29) is 16.8 Å². The zero-order chi connectivity index (χ0) is 13.3. The van der Waals surface area contributed by atoms with Crippen molar-refractivity contribution in [3.63, 3.8) is 0 Å². The summed E-state index contributed by atoms with van der Waals surface area (Å²) in [5.74, 6) is -0.284. The van der Waals surface area contributed by atoms with Crippen LogP contribution in [0.4, 0.5) is 0 Å². The van der Waals surface area contributed by atoms with E-state index in [1.807, 2.05) is 0 Å². The van der Waals surface area contributed by atoms with Crippen molar-refractivity contribution in [1.82, 2.24) is 5.32 Å². The molecule has 3 N–H and O–H groups in total. The van der Waals surface area contributed by atoms with E-state index in [2.05, 4.69) is 5.32 Å². The Balaban J connectivity index is 2.16. The second-order valence-corrected chi connectivity index (χ2v) is 6.90. The molecule has 1 amide bonds. The number of nitrogens with two attached hydrogens (primary N) is 1. The average molecular weight is 290 g/mol. The van der Waals surface area contributed by atoms with E-state index in [0.717, 1.165) is 17.8 Å². The molecule has 1 aliphatic heterocycles. The van der Waals surface area contributed by atoms with E-state index in [0.29, 0.717) is 23.0 Å². The Labute approximate surface area is 109 Å². The maximum Gasteiger partial charge on any atom is 0.261 e. The predicted molar refractivity (Wildman–Crippen MR) is 67.1 cm³/mol. The van der Waals surface area contributed by atoms with E-state index in [9.17, 15) is 13.2 Å².